The lowest BCUT2D eigenvalue weighted by molar-refractivity contribution is -0.119. The highest BCUT2D eigenvalue weighted by molar-refractivity contribution is 7.80. The third-order valence-electron chi connectivity index (χ3n) is 4.43. The summed E-state index contributed by atoms with van der Waals surface area (Å²) >= 11 is 5.06. The molecule has 0 bridgehead atoms. The minimum Gasteiger partial charge on any atom is -0.497 e. The average molecular weight is 450 g/mol. The van der Waals surface area contributed by atoms with Crippen LogP contribution in [0.15, 0.2) is 78.9 Å². The van der Waals surface area contributed by atoms with Gasteiger partial charge in [0.15, 0.2) is 5.11 Å². The summed E-state index contributed by atoms with van der Waals surface area (Å²) in [7, 11) is 1.58. The Balaban J connectivity index is 1.41. The van der Waals surface area contributed by atoms with E-state index in [0.29, 0.717) is 23.7 Å². The lowest BCUT2D eigenvalue weighted by Crippen LogP contribution is -2.48. The van der Waals surface area contributed by atoms with Crippen molar-refractivity contribution < 1.29 is 19.1 Å². The molecule has 0 aromatic heterocycles. The van der Waals surface area contributed by atoms with Crippen molar-refractivity contribution in [3.8, 4) is 11.5 Å². The number of carbonyl (C=O) groups excluding carboxylic acids is 2. The fraction of sp³-hybridized carbons (Fsp3) is 0.125. The Morgan fingerprint density at radius 1 is 0.812 bits per heavy atom. The molecule has 8 heteroatoms. The molecule has 3 rings (SSSR count). The molecule has 0 aliphatic rings. The van der Waals surface area contributed by atoms with Crippen LogP contribution in [0.3, 0.4) is 0 Å². The van der Waals surface area contributed by atoms with Crippen LogP contribution in [0.5, 0.6) is 11.5 Å². The highest BCUT2D eigenvalue weighted by atomic mass is 32.1. The second kappa shape index (κ2) is 11.5. The van der Waals surface area contributed by atoms with Gasteiger partial charge in [0.1, 0.15) is 18.1 Å². The Bertz CT molecular complexity index is 1050. The Kier molecular flexibility index (Phi) is 8.16. The van der Waals surface area contributed by atoms with Crippen molar-refractivity contribution in [2.75, 3.05) is 7.11 Å². The molecule has 0 aliphatic heterocycles. The van der Waals surface area contributed by atoms with Gasteiger partial charge in [-0.3, -0.25) is 20.4 Å². The molecular weight excluding hydrogens is 426 g/mol. The molecule has 0 unspecified atom stereocenters. The maximum Gasteiger partial charge on any atom is 0.269 e. The van der Waals surface area contributed by atoms with E-state index in [1.54, 1.807) is 55.6 Å². The van der Waals surface area contributed by atoms with Crippen LogP contribution in [0, 0.1) is 0 Å². The van der Waals surface area contributed by atoms with Gasteiger partial charge in [0.25, 0.3) is 5.91 Å². The molecule has 0 radical (unpaired) electrons. The number of benzene rings is 3. The van der Waals surface area contributed by atoms with Crippen LogP contribution in [0.25, 0.3) is 0 Å². The van der Waals surface area contributed by atoms with Gasteiger partial charge in [0.05, 0.1) is 13.5 Å². The fourth-order valence-electron chi connectivity index (χ4n) is 2.76. The highest BCUT2D eigenvalue weighted by Gasteiger charge is 2.09. The van der Waals surface area contributed by atoms with Gasteiger partial charge in [0, 0.05) is 5.56 Å². The van der Waals surface area contributed by atoms with E-state index in [2.05, 4.69) is 16.2 Å². The van der Waals surface area contributed by atoms with E-state index in [1.165, 1.54) is 0 Å². The first-order valence-electron chi connectivity index (χ1n) is 9.83. The van der Waals surface area contributed by atoms with E-state index >= 15 is 0 Å². The van der Waals surface area contributed by atoms with Gasteiger partial charge in [-0.05, 0) is 59.7 Å². The summed E-state index contributed by atoms with van der Waals surface area (Å²) < 4.78 is 10.8. The molecule has 164 valence electrons. The van der Waals surface area contributed by atoms with Crippen LogP contribution >= 0.6 is 12.2 Å². The van der Waals surface area contributed by atoms with E-state index in [9.17, 15) is 9.59 Å². The Morgan fingerprint density at radius 3 is 2.12 bits per heavy atom. The SMILES string of the molecule is COc1ccc(CC(=O)NC(=S)NNC(=O)c2ccc(OCc3ccccc3)cc2)cc1. The predicted octanol–water partition coefficient (Wildman–Crippen LogP) is 3.15. The lowest BCUT2D eigenvalue weighted by Gasteiger charge is -2.11. The van der Waals surface area contributed by atoms with E-state index < -0.39 is 5.91 Å². The Hall–Kier alpha value is -3.91. The van der Waals surface area contributed by atoms with E-state index in [-0.39, 0.29) is 17.4 Å². The standard InChI is InChI=1S/C24H23N3O4S/c1-30-20-11-7-17(8-12-20)15-22(28)25-24(32)27-26-23(29)19-9-13-21(14-10-19)31-16-18-5-3-2-4-6-18/h2-14H,15-16H2,1H3,(H,26,29)(H2,25,27,28,32). The maximum atomic E-state index is 12.3. The summed E-state index contributed by atoms with van der Waals surface area (Å²) in [4.78, 5) is 24.4. The monoisotopic (exact) mass is 449 g/mol. The summed E-state index contributed by atoms with van der Waals surface area (Å²) in [5.74, 6) is 0.665. The Morgan fingerprint density at radius 2 is 1.47 bits per heavy atom. The van der Waals surface area contributed by atoms with Crippen LogP contribution in [0.4, 0.5) is 0 Å². The summed E-state index contributed by atoms with van der Waals surface area (Å²) in [6, 6.07) is 23.7. The number of hydrazine groups is 1. The summed E-state index contributed by atoms with van der Waals surface area (Å²) in [5, 5.41) is 2.52. The van der Waals surface area contributed by atoms with Crippen molar-refractivity contribution in [3.05, 3.63) is 95.6 Å². The second-order valence-corrected chi connectivity index (χ2v) is 7.19. The maximum absolute atomic E-state index is 12.3. The highest BCUT2D eigenvalue weighted by Crippen LogP contribution is 2.14. The number of amides is 2. The van der Waals surface area contributed by atoms with Crippen molar-refractivity contribution in [2.24, 2.45) is 0 Å². The van der Waals surface area contributed by atoms with Crippen LogP contribution in [0.2, 0.25) is 0 Å². The van der Waals surface area contributed by atoms with Crippen molar-refractivity contribution >= 4 is 29.1 Å². The molecule has 2 amide bonds. The van der Waals surface area contributed by atoms with Gasteiger partial charge < -0.3 is 14.8 Å². The number of nitrogens with one attached hydrogen (secondary N) is 3. The van der Waals surface area contributed by atoms with Gasteiger partial charge in [-0.25, -0.2) is 0 Å². The molecule has 0 atom stereocenters. The van der Waals surface area contributed by atoms with Crippen molar-refractivity contribution in [2.45, 2.75) is 13.0 Å². The zero-order valence-electron chi connectivity index (χ0n) is 17.5. The molecule has 0 aliphatic carbocycles. The Labute approximate surface area is 191 Å². The van der Waals surface area contributed by atoms with E-state index in [0.717, 1.165) is 11.1 Å². The normalized spacial score (nSPS) is 10.0. The number of carbonyl (C=O) groups is 2. The summed E-state index contributed by atoms with van der Waals surface area (Å²) in [5.41, 5.74) is 7.26. The van der Waals surface area contributed by atoms with E-state index in [1.807, 2.05) is 30.3 Å². The molecule has 3 aromatic rings. The van der Waals surface area contributed by atoms with E-state index in [4.69, 9.17) is 21.7 Å². The molecule has 0 fully saturated rings. The number of methoxy groups -OCH3 is 1. The molecule has 0 saturated carbocycles. The number of hydrogen-bond acceptors (Lipinski definition) is 5. The first-order valence-corrected chi connectivity index (χ1v) is 10.2. The number of ether oxygens (including phenoxy) is 2. The van der Waals surface area contributed by atoms with Gasteiger partial charge in [-0.15, -0.1) is 0 Å². The van der Waals surface area contributed by atoms with Crippen LogP contribution in [-0.2, 0) is 17.8 Å². The molecule has 0 spiro atoms. The van der Waals surface area contributed by atoms with Crippen LogP contribution in [-0.4, -0.2) is 24.0 Å². The van der Waals surface area contributed by atoms with Crippen molar-refractivity contribution in [1.29, 1.82) is 0 Å². The van der Waals surface area contributed by atoms with Crippen LogP contribution in [0.1, 0.15) is 21.5 Å². The first kappa shape index (κ1) is 22.8. The minimum absolute atomic E-state index is 0.000300. The first-order chi connectivity index (χ1) is 15.5. The predicted molar refractivity (Wildman–Crippen MR) is 125 cm³/mol. The number of hydrogen-bond donors (Lipinski definition) is 3. The van der Waals surface area contributed by atoms with Gasteiger partial charge >= 0.3 is 0 Å². The van der Waals surface area contributed by atoms with Crippen molar-refractivity contribution in [1.82, 2.24) is 16.2 Å². The third kappa shape index (κ3) is 7.10. The zero-order chi connectivity index (χ0) is 22.8. The average Bonchev–Trinajstić information content (AvgIpc) is 2.82. The summed E-state index contributed by atoms with van der Waals surface area (Å²) in [6.45, 7) is 0.443. The quantitative estimate of drug-likeness (QED) is 0.379. The molecular formula is C24H23N3O4S. The lowest BCUT2D eigenvalue weighted by atomic mass is 10.1. The smallest absolute Gasteiger partial charge is 0.269 e. The molecule has 3 N–H and O–H groups in total. The topological polar surface area (TPSA) is 88.7 Å². The molecule has 32 heavy (non-hydrogen) atoms. The number of rotatable bonds is 7. The van der Waals surface area contributed by atoms with Crippen molar-refractivity contribution in [3.63, 3.8) is 0 Å². The third-order valence-corrected chi connectivity index (χ3v) is 4.64. The molecule has 3 aromatic carbocycles. The largest absolute Gasteiger partial charge is 0.497 e. The number of thiocarbonyl (C=S) groups is 1. The molecule has 0 heterocycles. The molecule has 7 nitrogen and oxygen atoms in total. The molecule has 0 saturated heterocycles. The van der Waals surface area contributed by atoms with Gasteiger partial charge in [-0.2, -0.15) is 0 Å². The van der Waals surface area contributed by atoms with Gasteiger partial charge in [-0.1, -0.05) is 42.5 Å². The van der Waals surface area contributed by atoms with Gasteiger partial charge in [0.2, 0.25) is 5.91 Å². The van der Waals surface area contributed by atoms with Crippen LogP contribution < -0.4 is 25.6 Å². The zero-order valence-corrected chi connectivity index (χ0v) is 18.3. The summed E-state index contributed by atoms with van der Waals surface area (Å²) in [6.07, 6.45) is 0.143. The second-order valence-electron chi connectivity index (χ2n) is 6.78. The minimum atomic E-state index is -0.397. The fourth-order valence-corrected chi connectivity index (χ4v) is 2.92.